The van der Waals surface area contributed by atoms with Gasteiger partial charge in [-0.1, -0.05) is 109 Å². The topological polar surface area (TPSA) is 51.8 Å². The Morgan fingerprint density at radius 2 is 1.02 bits per heavy atom. The van der Waals surface area contributed by atoms with Gasteiger partial charge in [-0.3, -0.25) is 0 Å². The van der Waals surface area contributed by atoms with Gasteiger partial charge in [0.15, 0.2) is 5.52 Å². The number of fused-ring (bicyclic) bond motifs is 3. The number of thiophene rings is 2. The van der Waals surface area contributed by atoms with Gasteiger partial charge in [0.05, 0.1) is 10.6 Å². The Labute approximate surface area is 278 Å². The lowest BCUT2D eigenvalue weighted by Gasteiger charge is -2.08. The minimum atomic E-state index is 0.657. The van der Waals surface area contributed by atoms with Gasteiger partial charge >= 0.3 is 0 Å². The first-order valence-corrected chi connectivity index (χ1v) is 17.0. The average molecular weight is 640 g/mol. The highest BCUT2D eigenvalue weighted by molar-refractivity contribution is 7.19. The fraction of sp³-hybridized carbons (Fsp3) is 0. The molecule has 47 heavy (non-hydrogen) atoms. The summed E-state index contributed by atoms with van der Waals surface area (Å²) < 4.78 is 5.43. The Bertz CT molecular complexity index is 2590. The first-order chi connectivity index (χ1) is 23.3. The molecule has 222 valence electrons. The summed E-state index contributed by atoms with van der Waals surface area (Å²) >= 11 is 3.42. The van der Waals surface area contributed by atoms with Crippen LogP contribution in [0.3, 0.4) is 0 Å². The molecular formula is C41H25N3OS2. The van der Waals surface area contributed by atoms with Crippen LogP contribution in [-0.4, -0.2) is 15.3 Å². The second-order valence-corrected chi connectivity index (χ2v) is 13.5. The van der Waals surface area contributed by atoms with Gasteiger partial charge in [-0.2, -0.15) is 0 Å². The van der Waals surface area contributed by atoms with Crippen molar-refractivity contribution in [2.45, 2.75) is 0 Å². The Morgan fingerprint density at radius 1 is 0.468 bits per heavy atom. The third kappa shape index (κ3) is 5.14. The zero-order valence-electron chi connectivity index (χ0n) is 25.0. The molecule has 0 fully saturated rings. The number of nitrogens with zero attached hydrogens (tertiary/aromatic N) is 3. The fourth-order valence-corrected chi connectivity index (χ4v) is 8.12. The maximum atomic E-state index is 5.43. The van der Waals surface area contributed by atoms with E-state index in [-0.39, 0.29) is 0 Å². The van der Waals surface area contributed by atoms with Crippen LogP contribution in [0.25, 0.3) is 86.6 Å². The van der Waals surface area contributed by atoms with E-state index >= 15 is 0 Å². The maximum Gasteiger partial charge on any atom is 0.163 e. The Morgan fingerprint density at radius 3 is 1.70 bits per heavy atom. The van der Waals surface area contributed by atoms with E-state index < -0.39 is 0 Å². The van der Waals surface area contributed by atoms with Gasteiger partial charge in [0.2, 0.25) is 0 Å². The molecule has 9 aromatic rings. The van der Waals surface area contributed by atoms with Gasteiger partial charge in [-0.15, -0.1) is 22.7 Å². The van der Waals surface area contributed by atoms with Crippen LogP contribution >= 0.6 is 22.7 Å². The van der Waals surface area contributed by atoms with Crippen molar-refractivity contribution in [2.75, 3.05) is 0 Å². The van der Waals surface area contributed by atoms with Crippen LogP contribution in [0.1, 0.15) is 11.3 Å². The highest BCUT2D eigenvalue weighted by Gasteiger charge is 2.22. The molecule has 0 atom stereocenters. The zero-order chi connectivity index (χ0) is 31.2. The highest BCUT2D eigenvalue weighted by Crippen LogP contribution is 2.43. The van der Waals surface area contributed by atoms with Crippen molar-refractivity contribution in [3.05, 3.63) is 151 Å². The lowest BCUT2D eigenvalue weighted by Crippen LogP contribution is -1.93. The Balaban J connectivity index is 1.18. The predicted molar refractivity (Wildman–Crippen MR) is 197 cm³/mol. The van der Waals surface area contributed by atoms with Gasteiger partial charge in [0.1, 0.15) is 11.2 Å². The molecule has 5 aromatic carbocycles. The van der Waals surface area contributed by atoms with Gasteiger partial charge in [0.25, 0.3) is 0 Å². The van der Waals surface area contributed by atoms with E-state index in [1.54, 1.807) is 22.7 Å². The standard InChI is InChI=1S/C41H25N3OS2/c1-2-8-26(9-3-1)14-19-33-38(36-22-20-34(46-36)31-17-15-27-10-4-6-12-29(27)24-31)40-41(44-45-43-40)39(42-33)37-23-21-35(47-37)32-18-16-28-11-5-7-13-30(28)25-32/h1-25H. The molecule has 0 radical (unpaired) electrons. The van der Waals surface area contributed by atoms with E-state index in [1.165, 1.54) is 42.4 Å². The first kappa shape index (κ1) is 27.6. The molecule has 4 nitrogen and oxygen atoms in total. The van der Waals surface area contributed by atoms with E-state index in [0.717, 1.165) is 32.3 Å². The van der Waals surface area contributed by atoms with Crippen molar-refractivity contribution in [3.8, 4) is 41.9 Å². The number of benzene rings is 5. The summed E-state index contributed by atoms with van der Waals surface area (Å²) in [5.41, 5.74) is 7.31. The van der Waals surface area contributed by atoms with Crippen molar-refractivity contribution in [1.82, 2.24) is 15.3 Å². The summed E-state index contributed by atoms with van der Waals surface area (Å²) in [5, 5.41) is 13.8. The van der Waals surface area contributed by atoms with E-state index in [2.05, 4.69) is 144 Å². The smallest absolute Gasteiger partial charge is 0.163 e. The first-order valence-electron chi connectivity index (χ1n) is 15.3. The van der Waals surface area contributed by atoms with Gasteiger partial charge in [-0.25, -0.2) is 9.61 Å². The number of hydrogen-bond donors (Lipinski definition) is 0. The van der Waals surface area contributed by atoms with Crippen molar-refractivity contribution in [3.63, 3.8) is 0 Å². The molecule has 0 saturated heterocycles. The monoisotopic (exact) mass is 639 g/mol. The molecule has 0 N–H and O–H groups in total. The predicted octanol–water partition coefficient (Wildman–Crippen LogP) is 11.9. The summed E-state index contributed by atoms with van der Waals surface area (Å²) in [6.07, 6.45) is 4.18. The highest BCUT2D eigenvalue weighted by atomic mass is 32.1. The second-order valence-electron chi connectivity index (χ2n) is 11.4. The second kappa shape index (κ2) is 11.6. The van der Waals surface area contributed by atoms with E-state index in [4.69, 9.17) is 9.61 Å². The third-order valence-corrected chi connectivity index (χ3v) is 10.7. The summed E-state index contributed by atoms with van der Waals surface area (Å²) in [7, 11) is 0. The van der Waals surface area contributed by atoms with Gasteiger partial charge in [-0.05, 0) is 91.0 Å². The van der Waals surface area contributed by atoms with E-state index in [0.29, 0.717) is 11.0 Å². The van der Waals surface area contributed by atoms with Gasteiger partial charge in [0, 0.05) is 20.2 Å². The molecule has 0 aliphatic carbocycles. The molecule has 6 heteroatoms. The zero-order valence-corrected chi connectivity index (χ0v) is 26.6. The molecule has 4 aromatic heterocycles. The van der Waals surface area contributed by atoms with Crippen LogP contribution in [0.2, 0.25) is 0 Å². The number of hydrogen-bond acceptors (Lipinski definition) is 6. The Kier molecular flexibility index (Phi) is 6.81. The fourth-order valence-electron chi connectivity index (χ4n) is 6.07. The summed E-state index contributed by atoms with van der Waals surface area (Å²) in [6, 6.07) is 49.0. The van der Waals surface area contributed by atoms with Crippen molar-refractivity contribution >= 4 is 67.4 Å². The normalized spacial score (nSPS) is 11.7. The van der Waals surface area contributed by atoms with Crippen LogP contribution in [-0.2, 0) is 0 Å². The summed E-state index contributed by atoms with van der Waals surface area (Å²) in [5.74, 6) is 0. The maximum absolute atomic E-state index is 5.43. The van der Waals surface area contributed by atoms with Gasteiger partial charge < -0.3 is 0 Å². The third-order valence-electron chi connectivity index (χ3n) is 8.43. The Hall–Kier alpha value is -5.69. The summed E-state index contributed by atoms with van der Waals surface area (Å²) in [4.78, 5) is 9.70. The van der Waals surface area contributed by atoms with Crippen molar-refractivity contribution in [2.24, 2.45) is 0 Å². The largest absolute Gasteiger partial charge is 0.244 e. The minimum Gasteiger partial charge on any atom is -0.244 e. The lowest BCUT2D eigenvalue weighted by molar-refractivity contribution is 0.315. The average Bonchev–Trinajstić information content (AvgIpc) is 3.92. The van der Waals surface area contributed by atoms with E-state index in [1.807, 2.05) is 18.2 Å². The van der Waals surface area contributed by atoms with Crippen LogP contribution in [0.15, 0.2) is 144 Å². The SMILES string of the molecule is C(=Cc1nc(-c2ccc(-c3ccc4ccccc4c3)s2)c2nonc2c1-c1ccc(-c2ccc3ccccc3c2)s1)c1ccccc1. The van der Waals surface area contributed by atoms with Crippen LogP contribution in [0.4, 0.5) is 0 Å². The molecule has 0 unspecified atom stereocenters. The number of rotatable bonds is 6. The molecule has 4 heterocycles. The molecule has 9 rings (SSSR count). The molecule has 0 spiro atoms. The molecule has 0 saturated carbocycles. The van der Waals surface area contributed by atoms with Crippen molar-refractivity contribution < 1.29 is 4.63 Å². The van der Waals surface area contributed by atoms with Crippen LogP contribution < -0.4 is 0 Å². The molecule has 0 amide bonds. The molecule has 0 bridgehead atoms. The molecular weight excluding hydrogens is 615 g/mol. The molecule has 0 aliphatic heterocycles. The van der Waals surface area contributed by atoms with Crippen LogP contribution in [0, 0.1) is 0 Å². The quantitative estimate of drug-likeness (QED) is 0.182. The number of pyridine rings is 1. The number of aromatic nitrogens is 3. The van der Waals surface area contributed by atoms with E-state index in [9.17, 15) is 0 Å². The van der Waals surface area contributed by atoms with Crippen LogP contribution in [0.5, 0.6) is 0 Å². The summed E-state index contributed by atoms with van der Waals surface area (Å²) in [6.45, 7) is 0. The molecule has 0 aliphatic rings. The van der Waals surface area contributed by atoms with Crippen molar-refractivity contribution in [1.29, 1.82) is 0 Å². The minimum absolute atomic E-state index is 0.657. The lowest BCUT2D eigenvalue weighted by atomic mass is 10.0.